The zero-order chi connectivity index (χ0) is 30.7. The Morgan fingerprint density at radius 3 is 2.67 bits per heavy atom. The third-order valence-electron chi connectivity index (χ3n) is 8.36. The second-order valence-corrected chi connectivity index (χ2v) is 12.5. The van der Waals surface area contributed by atoms with Crippen LogP contribution in [0.1, 0.15) is 26.7 Å². The van der Waals surface area contributed by atoms with Crippen molar-refractivity contribution in [3.05, 3.63) is 47.4 Å². The fraction of sp³-hybridized carbons (Fsp3) is 0.452. The second-order valence-electron chi connectivity index (χ2n) is 12.1. The molecule has 8 nitrogen and oxygen atoms in total. The fourth-order valence-electron chi connectivity index (χ4n) is 6.23. The molecule has 3 heterocycles. The van der Waals surface area contributed by atoms with Crippen molar-refractivity contribution in [3.63, 3.8) is 0 Å². The van der Waals surface area contributed by atoms with E-state index in [2.05, 4.69) is 34.1 Å². The van der Waals surface area contributed by atoms with Gasteiger partial charge >= 0.3 is 6.01 Å². The van der Waals surface area contributed by atoms with Crippen LogP contribution in [0.15, 0.2) is 36.5 Å². The van der Waals surface area contributed by atoms with Gasteiger partial charge < -0.3 is 25.0 Å². The Morgan fingerprint density at radius 2 is 1.98 bits per heavy atom. The number of nitrogens with one attached hydrogen (secondary N) is 1. The van der Waals surface area contributed by atoms with Gasteiger partial charge in [-0.25, -0.2) is 13.2 Å². The Balaban J connectivity index is 1.49. The number of ether oxygens (including phenoxy) is 1. The number of anilines is 1. The van der Waals surface area contributed by atoms with Crippen molar-refractivity contribution < 1.29 is 23.0 Å². The number of hydrogen-bond acceptors (Lipinski definition) is 8. The molecule has 43 heavy (non-hydrogen) atoms. The molecule has 1 saturated carbocycles. The van der Waals surface area contributed by atoms with Gasteiger partial charge in [0.2, 0.25) is 0 Å². The van der Waals surface area contributed by atoms with E-state index in [1.165, 1.54) is 12.3 Å². The van der Waals surface area contributed by atoms with E-state index in [9.17, 15) is 13.9 Å². The second kappa shape index (κ2) is 10.9. The number of hydrogen-bond donors (Lipinski definition) is 2. The summed E-state index contributed by atoms with van der Waals surface area (Å²) in [4.78, 5) is 17.3. The standard InChI is InChI=1S/C31H34ClF3N6O2/c1-5-19-13-41(12-17(2)37-19)28-22-11-36-26(21-10-20(42)9-18-7-6-8-23(32)24(18)21)25(33)27(22)38-29(39-28)43-16-30(15-40(3)4)14-31(30,34)35/h6-11,17,19,37,42H,5,12-16H2,1-4H3/t17-,19-,30-/m1/s1. The van der Waals surface area contributed by atoms with Crippen molar-refractivity contribution in [1.82, 2.24) is 25.2 Å². The first kappa shape index (κ1) is 29.7. The first-order valence-corrected chi connectivity index (χ1v) is 14.7. The van der Waals surface area contributed by atoms with Crippen LogP contribution in [0, 0.1) is 11.2 Å². The highest BCUT2D eigenvalue weighted by atomic mass is 35.5. The highest BCUT2D eigenvalue weighted by Crippen LogP contribution is 2.60. The van der Waals surface area contributed by atoms with Gasteiger partial charge in [0.1, 0.15) is 29.4 Å². The molecule has 12 heteroatoms. The predicted octanol–water partition coefficient (Wildman–Crippen LogP) is 5.89. The number of phenols is 1. The van der Waals surface area contributed by atoms with Crippen molar-refractivity contribution in [2.75, 3.05) is 45.2 Å². The van der Waals surface area contributed by atoms with Crippen molar-refractivity contribution in [1.29, 1.82) is 0 Å². The molecule has 1 aliphatic heterocycles. The number of phenolic OH excluding ortho intramolecular Hbond substituents is 1. The molecule has 2 aromatic heterocycles. The van der Waals surface area contributed by atoms with E-state index < -0.39 is 17.2 Å². The molecular weight excluding hydrogens is 581 g/mol. The molecule has 0 amide bonds. The molecule has 0 bridgehead atoms. The molecule has 3 atom stereocenters. The Hall–Kier alpha value is -3.41. The van der Waals surface area contributed by atoms with Gasteiger partial charge in [-0.05, 0) is 51.0 Å². The largest absolute Gasteiger partial charge is 0.508 e. The molecule has 1 aliphatic carbocycles. The maximum atomic E-state index is 16.6. The Labute approximate surface area is 252 Å². The number of alkyl halides is 2. The average molecular weight is 615 g/mol. The number of pyridine rings is 1. The number of aromatic hydroxyl groups is 1. The van der Waals surface area contributed by atoms with Gasteiger partial charge in [-0.3, -0.25) is 4.98 Å². The molecule has 2 aliphatic rings. The number of aromatic nitrogens is 3. The minimum atomic E-state index is -2.88. The molecule has 6 rings (SSSR count). The molecule has 0 radical (unpaired) electrons. The van der Waals surface area contributed by atoms with Crippen LogP contribution in [-0.4, -0.2) is 83.3 Å². The van der Waals surface area contributed by atoms with E-state index in [-0.39, 0.29) is 54.6 Å². The number of fused-ring (bicyclic) bond motifs is 2. The van der Waals surface area contributed by atoms with Crippen LogP contribution in [0.4, 0.5) is 19.0 Å². The van der Waals surface area contributed by atoms with Crippen LogP contribution in [0.5, 0.6) is 11.8 Å². The lowest BCUT2D eigenvalue weighted by atomic mass is 10.00. The zero-order valence-electron chi connectivity index (χ0n) is 24.5. The molecule has 1 saturated heterocycles. The Bertz CT molecular complexity index is 1710. The maximum absolute atomic E-state index is 16.6. The number of piperazine rings is 1. The summed E-state index contributed by atoms with van der Waals surface area (Å²) in [6.45, 7) is 5.14. The predicted molar refractivity (Wildman–Crippen MR) is 162 cm³/mol. The van der Waals surface area contributed by atoms with Crippen molar-refractivity contribution >= 4 is 39.1 Å². The molecule has 0 spiro atoms. The summed E-state index contributed by atoms with van der Waals surface area (Å²) in [5, 5.41) is 15.9. The third kappa shape index (κ3) is 5.42. The number of benzene rings is 2. The quantitative estimate of drug-likeness (QED) is 0.254. The number of nitrogens with zero attached hydrogens (tertiary/aromatic N) is 5. The lowest BCUT2D eigenvalue weighted by Crippen LogP contribution is -2.55. The summed E-state index contributed by atoms with van der Waals surface area (Å²) in [6, 6.07) is 8.26. The summed E-state index contributed by atoms with van der Waals surface area (Å²) in [7, 11) is 3.47. The van der Waals surface area contributed by atoms with Gasteiger partial charge in [0.05, 0.1) is 10.8 Å². The Kier molecular flexibility index (Phi) is 7.55. The highest BCUT2D eigenvalue weighted by molar-refractivity contribution is 6.36. The van der Waals surface area contributed by atoms with E-state index in [0.29, 0.717) is 45.7 Å². The van der Waals surface area contributed by atoms with Gasteiger partial charge in [0.15, 0.2) is 5.82 Å². The first-order valence-electron chi connectivity index (χ1n) is 14.4. The molecule has 228 valence electrons. The van der Waals surface area contributed by atoms with E-state index in [0.717, 1.165) is 6.42 Å². The molecule has 2 N–H and O–H groups in total. The monoisotopic (exact) mass is 614 g/mol. The summed E-state index contributed by atoms with van der Waals surface area (Å²) in [5.74, 6) is -3.28. The van der Waals surface area contributed by atoms with Gasteiger partial charge in [-0.1, -0.05) is 30.7 Å². The SMILES string of the molecule is CC[C@@H]1CN(c2nc(OC[C@]3(CN(C)C)CC3(F)F)nc3c(F)c(-c4cc(O)cc5cccc(Cl)c45)ncc23)C[C@@H](C)N1. The van der Waals surface area contributed by atoms with Gasteiger partial charge in [-0.15, -0.1) is 0 Å². The normalized spacial score (nSPS) is 23.3. The molecule has 2 fully saturated rings. The molecule has 4 aromatic rings. The van der Waals surface area contributed by atoms with E-state index in [4.69, 9.17) is 16.3 Å². The number of rotatable bonds is 8. The summed E-state index contributed by atoms with van der Waals surface area (Å²) >= 11 is 6.52. The Morgan fingerprint density at radius 1 is 1.21 bits per heavy atom. The maximum Gasteiger partial charge on any atom is 0.319 e. The van der Waals surface area contributed by atoms with E-state index in [1.807, 2.05) is 4.90 Å². The van der Waals surface area contributed by atoms with E-state index in [1.54, 1.807) is 43.3 Å². The van der Waals surface area contributed by atoms with Gasteiger partial charge in [0.25, 0.3) is 5.92 Å². The minimum absolute atomic E-state index is 0.0583. The van der Waals surface area contributed by atoms with Crippen LogP contribution in [0.2, 0.25) is 5.02 Å². The van der Waals surface area contributed by atoms with Gasteiger partial charge in [0, 0.05) is 60.3 Å². The number of halogens is 4. The fourth-order valence-corrected chi connectivity index (χ4v) is 6.51. The molecular formula is C31H34ClF3N6O2. The third-order valence-corrected chi connectivity index (χ3v) is 8.68. The molecule has 0 unspecified atom stereocenters. The van der Waals surface area contributed by atoms with Crippen LogP contribution in [0.25, 0.3) is 32.9 Å². The van der Waals surface area contributed by atoms with Gasteiger partial charge in [-0.2, -0.15) is 9.97 Å². The summed E-state index contributed by atoms with van der Waals surface area (Å²) in [5.41, 5.74) is -1.19. The van der Waals surface area contributed by atoms with Crippen LogP contribution >= 0.6 is 11.6 Å². The topological polar surface area (TPSA) is 86.6 Å². The molecule has 2 aromatic carbocycles. The minimum Gasteiger partial charge on any atom is -0.508 e. The van der Waals surface area contributed by atoms with Crippen LogP contribution < -0.4 is 15.0 Å². The van der Waals surface area contributed by atoms with Crippen LogP contribution in [0.3, 0.4) is 0 Å². The lowest BCUT2D eigenvalue weighted by Gasteiger charge is -2.38. The smallest absolute Gasteiger partial charge is 0.319 e. The average Bonchev–Trinajstić information content (AvgIpc) is 3.49. The summed E-state index contributed by atoms with van der Waals surface area (Å²) in [6.07, 6.45) is 2.08. The van der Waals surface area contributed by atoms with Crippen LogP contribution in [-0.2, 0) is 0 Å². The van der Waals surface area contributed by atoms with Crippen molar-refractivity contribution in [2.45, 2.75) is 44.7 Å². The van der Waals surface area contributed by atoms with E-state index >= 15 is 4.39 Å². The zero-order valence-corrected chi connectivity index (χ0v) is 25.2. The highest BCUT2D eigenvalue weighted by Gasteiger charge is 2.71. The van der Waals surface area contributed by atoms with Crippen molar-refractivity contribution in [2.24, 2.45) is 5.41 Å². The van der Waals surface area contributed by atoms with Crippen molar-refractivity contribution in [3.8, 4) is 23.0 Å². The first-order chi connectivity index (χ1) is 20.4. The summed E-state index contributed by atoms with van der Waals surface area (Å²) < 4.78 is 51.5. The lowest BCUT2D eigenvalue weighted by molar-refractivity contribution is 0.0288.